The van der Waals surface area contributed by atoms with Gasteiger partial charge in [-0.05, 0) is 98.7 Å². The fourth-order valence-electron chi connectivity index (χ4n) is 5.25. The maximum Gasteiger partial charge on any atom is 0.264 e. The van der Waals surface area contributed by atoms with Gasteiger partial charge in [-0.3, -0.25) is 13.9 Å². The largest absolute Gasteiger partial charge is 0.494 e. The topological polar surface area (TPSA) is 96.0 Å². The minimum atomic E-state index is -4.21. The Kier molecular flexibility index (Phi) is 13.1. The molecule has 0 spiro atoms. The van der Waals surface area contributed by atoms with Gasteiger partial charge in [0.05, 0.1) is 17.2 Å². The third-order valence-electron chi connectivity index (χ3n) is 8.24. The number of aryl methyl sites for hydroxylation is 1. The molecule has 10 heteroatoms. The highest BCUT2D eigenvalue weighted by Gasteiger charge is 2.35. The van der Waals surface area contributed by atoms with Crippen LogP contribution in [0.15, 0.2) is 113 Å². The lowest BCUT2D eigenvalue weighted by Crippen LogP contribution is -2.54. The van der Waals surface area contributed by atoms with Crippen molar-refractivity contribution in [2.24, 2.45) is 0 Å². The Hall–Kier alpha value is -4.28. The number of hydrogen-bond acceptors (Lipinski definition) is 6. The number of ether oxygens (including phenoxy) is 1. The maximum atomic E-state index is 14.7. The number of anilines is 1. The molecule has 0 aromatic heterocycles. The van der Waals surface area contributed by atoms with Gasteiger partial charge in [0.1, 0.15) is 18.3 Å². The van der Waals surface area contributed by atoms with E-state index in [4.69, 9.17) is 4.74 Å². The third kappa shape index (κ3) is 9.41. The van der Waals surface area contributed by atoms with Crippen molar-refractivity contribution in [1.29, 1.82) is 0 Å². The molecule has 0 heterocycles. The first kappa shape index (κ1) is 36.6. The van der Waals surface area contributed by atoms with E-state index in [1.165, 1.54) is 16.7 Å². The number of nitrogens with zero attached hydrogens (tertiary/aromatic N) is 2. The molecule has 4 aromatic rings. The van der Waals surface area contributed by atoms with Gasteiger partial charge in [0.25, 0.3) is 10.0 Å². The van der Waals surface area contributed by atoms with Crippen molar-refractivity contribution in [1.82, 2.24) is 10.2 Å². The van der Waals surface area contributed by atoms with Gasteiger partial charge in [0.15, 0.2) is 0 Å². The number of nitrogens with one attached hydrogen (secondary N) is 1. The van der Waals surface area contributed by atoms with Crippen LogP contribution >= 0.6 is 11.8 Å². The summed E-state index contributed by atoms with van der Waals surface area (Å²) in [6.07, 6.45) is 2.89. The minimum absolute atomic E-state index is 0.0581. The molecule has 48 heavy (non-hydrogen) atoms. The van der Waals surface area contributed by atoms with Gasteiger partial charge in [-0.1, -0.05) is 61.5 Å². The number of benzene rings is 4. The van der Waals surface area contributed by atoms with Crippen LogP contribution in [0.5, 0.6) is 5.75 Å². The van der Waals surface area contributed by atoms with Crippen LogP contribution in [0.2, 0.25) is 0 Å². The molecule has 0 aliphatic rings. The Morgan fingerprint density at radius 2 is 1.52 bits per heavy atom. The van der Waals surface area contributed by atoms with Crippen molar-refractivity contribution >= 4 is 39.3 Å². The zero-order chi connectivity index (χ0) is 34.7. The number of thioether (sulfide) groups is 1. The van der Waals surface area contributed by atoms with E-state index in [-0.39, 0.29) is 29.8 Å². The van der Waals surface area contributed by atoms with E-state index in [2.05, 4.69) is 5.32 Å². The maximum absolute atomic E-state index is 14.7. The van der Waals surface area contributed by atoms with Crippen molar-refractivity contribution < 1.29 is 22.7 Å². The summed E-state index contributed by atoms with van der Waals surface area (Å²) in [6, 6.07) is 29.5. The second kappa shape index (κ2) is 17.2. The fourth-order valence-corrected chi connectivity index (χ4v) is 7.07. The van der Waals surface area contributed by atoms with Crippen LogP contribution in [-0.4, -0.2) is 56.6 Å². The highest BCUT2D eigenvalue weighted by atomic mass is 32.2. The van der Waals surface area contributed by atoms with Crippen LogP contribution in [-0.2, 0) is 32.6 Å². The van der Waals surface area contributed by atoms with Crippen molar-refractivity contribution in [3.05, 3.63) is 120 Å². The minimum Gasteiger partial charge on any atom is -0.494 e. The predicted octanol–water partition coefficient (Wildman–Crippen LogP) is 6.87. The average Bonchev–Trinajstić information content (AvgIpc) is 3.10. The van der Waals surface area contributed by atoms with Gasteiger partial charge in [-0.15, -0.1) is 11.8 Å². The number of rotatable bonds is 16. The van der Waals surface area contributed by atoms with Crippen molar-refractivity contribution in [3.8, 4) is 5.75 Å². The summed E-state index contributed by atoms with van der Waals surface area (Å²) < 4.78 is 35.4. The van der Waals surface area contributed by atoms with E-state index < -0.39 is 28.5 Å². The normalized spacial score (nSPS) is 12.5. The first-order valence-corrected chi connectivity index (χ1v) is 18.8. The van der Waals surface area contributed by atoms with E-state index in [0.29, 0.717) is 24.5 Å². The van der Waals surface area contributed by atoms with Crippen LogP contribution in [0.1, 0.15) is 43.9 Å². The van der Waals surface area contributed by atoms with Crippen molar-refractivity contribution in [3.63, 3.8) is 0 Å². The van der Waals surface area contributed by atoms with E-state index in [1.54, 1.807) is 48.5 Å². The molecule has 254 valence electrons. The Morgan fingerprint density at radius 3 is 2.12 bits per heavy atom. The summed E-state index contributed by atoms with van der Waals surface area (Å²) in [5, 5.41) is 3.08. The Morgan fingerprint density at radius 1 is 0.875 bits per heavy atom. The number of sulfonamides is 1. The molecule has 2 atom stereocenters. The van der Waals surface area contributed by atoms with Gasteiger partial charge in [-0.25, -0.2) is 8.42 Å². The highest BCUT2D eigenvalue weighted by Crippen LogP contribution is 2.28. The van der Waals surface area contributed by atoms with Crippen molar-refractivity contribution in [2.75, 3.05) is 23.7 Å². The summed E-state index contributed by atoms with van der Waals surface area (Å²) in [7, 11) is -4.21. The fraction of sp³-hybridized carbons (Fsp3) is 0.316. The molecular weight excluding hydrogens is 643 g/mol. The smallest absolute Gasteiger partial charge is 0.264 e. The molecule has 0 aliphatic heterocycles. The first-order chi connectivity index (χ1) is 23.1. The first-order valence-electron chi connectivity index (χ1n) is 16.1. The summed E-state index contributed by atoms with van der Waals surface area (Å²) in [5.74, 6) is -0.213. The summed E-state index contributed by atoms with van der Waals surface area (Å²) in [6.45, 7) is 7.79. The Labute approximate surface area is 289 Å². The Balaban J connectivity index is 1.82. The average molecular weight is 688 g/mol. The van der Waals surface area contributed by atoms with E-state index in [9.17, 15) is 18.0 Å². The lowest BCUT2D eigenvalue weighted by molar-refractivity contribution is -0.140. The molecule has 0 aliphatic carbocycles. The molecular formula is C38H45N3O5S2. The zero-order valence-corrected chi connectivity index (χ0v) is 29.9. The van der Waals surface area contributed by atoms with E-state index >= 15 is 0 Å². The number of amides is 2. The molecule has 0 bridgehead atoms. The molecule has 0 saturated carbocycles. The number of carbonyl (C=O) groups is 2. The quantitative estimate of drug-likeness (QED) is 0.129. The molecule has 4 rings (SSSR count). The molecule has 2 amide bonds. The molecule has 4 aromatic carbocycles. The second-order valence-corrected chi connectivity index (χ2v) is 14.3. The monoisotopic (exact) mass is 687 g/mol. The van der Waals surface area contributed by atoms with Crippen molar-refractivity contribution in [2.45, 2.75) is 69.0 Å². The zero-order valence-electron chi connectivity index (χ0n) is 28.3. The summed E-state index contributed by atoms with van der Waals surface area (Å²) >= 11 is 1.51. The van der Waals surface area contributed by atoms with Gasteiger partial charge >= 0.3 is 0 Å². The molecule has 0 unspecified atom stereocenters. The van der Waals surface area contributed by atoms with E-state index in [0.717, 1.165) is 25.9 Å². The molecule has 1 N–H and O–H groups in total. The molecule has 8 nitrogen and oxygen atoms in total. The number of hydrogen-bond donors (Lipinski definition) is 1. The van der Waals surface area contributed by atoms with Gasteiger partial charge in [0.2, 0.25) is 11.8 Å². The SMILES string of the molecule is CCOc1ccc(N(CC(=O)N(Cc2ccccc2C)[C@H](Cc2ccccc2)C(=O)N[C@@H](C)CC)S(=O)(=O)c2ccc(SC)cc2)cc1. The number of carbonyl (C=O) groups excluding carboxylic acids is 2. The van der Waals surface area contributed by atoms with Crippen LogP contribution in [0.4, 0.5) is 5.69 Å². The molecule has 0 fully saturated rings. The van der Waals surface area contributed by atoms with E-state index in [1.807, 2.05) is 88.5 Å². The Bertz CT molecular complexity index is 1750. The summed E-state index contributed by atoms with van der Waals surface area (Å²) in [5.41, 5.74) is 3.01. The van der Waals surface area contributed by atoms with Crippen LogP contribution in [0, 0.1) is 6.92 Å². The standard InChI is InChI=1S/C38H45N3O5S2/c1-6-29(4)39-38(43)36(25-30-14-9-8-10-15-30)40(26-31-16-12-11-13-28(31)3)37(42)27-41(32-17-19-33(20-18-32)46-7-2)48(44,45)35-23-21-34(47-5)22-24-35/h8-24,29,36H,6-7,25-27H2,1-5H3,(H,39,43)/t29-,36+/m0/s1. The lowest BCUT2D eigenvalue weighted by Gasteiger charge is -2.34. The lowest BCUT2D eigenvalue weighted by atomic mass is 10.0. The van der Waals surface area contributed by atoms with Gasteiger partial charge in [-0.2, -0.15) is 0 Å². The van der Waals surface area contributed by atoms with Crippen LogP contribution < -0.4 is 14.4 Å². The second-order valence-electron chi connectivity index (χ2n) is 11.6. The van der Waals surface area contributed by atoms with Crippen LogP contribution in [0.25, 0.3) is 0 Å². The van der Waals surface area contributed by atoms with Gasteiger partial charge < -0.3 is 15.0 Å². The van der Waals surface area contributed by atoms with Crippen LogP contribution in [0.3, 0.4) is 0 Å². The summed E-state index contributed by atoms with van der Waals surface area (Å²) in [4.78, 5) is 31.2. The molecule has 0 radical (unpaired) electrons. The van der Waals surface area contributed by atoms with Gasteiger partial charge in [0, 0.05) is 23.9 Å². The predicted molar refractivity (Wildman–Crippen MR) is 194 cm³/mol. The molecule has 0 saturated heterocycles. The highest BCUT2D eigenvalue weighted by molar-refractivity contribution is 7.98. The third-order valence-corrected chi connectivity index (χ3v) is 10.8.